The summed E-state index contributed by atoms with van der Waals surface area (Å²) in [6.45, 7) is 4.17. The molecule has 136 valence electrons. The van der Waals surface area contributed by atoms with E-state index in [-0.39, 0.29) is 17.3 Å². The maximum absolute atomic E-state index is 12.5. The summed E-state index contributed by atoms with van der Waals surface area (Å²) in [5.74, 6) is -0.192. The molecule has 7 heteroatoms. The zero-order chi connectivity index (χ0) is 18.5. The zero-order valence-corrected chi connectivity index (χ0v) is 15.4. The topological polar surface area (TPSA) is 85.4 Å². The molecule has 1 aromatic heterocycles. The van der Waals surface area contributed by atoms with E-state index < -0.39 is 16.0 Å². The van der Waals surface area contributed by atoms with Crippen molar-refractivity contribution in [1.29, 1.82) is 0 Å². The van der Waals surface area contributed by atoms with Gasteiger partial charge in [-0.25, -0.2) is 13.2 Å². The maximum Gasteiger partial charge on any atom is 0.338 e. The molecule has 1 N–H and O–H groups in total. The highest BCUT2D eigenvalue weighted by molar-refractivity contribution is 7.92. The molecule has 26 heavy (non-hydrogen) atoms. The van der Waals surface area contributed by atoms with E-state index in [0.717, 1.165) is 12.0 Å². The normalized spacial score (nSPS) is 24.8. The van der Waals surface area contributed by atoms with Gasteiger partial charge in [-0.3, -0.25) is 9.71 Å². The van der Waals surface area contributed by atoms with E-state index >= 15 is 0 Å². The Hall–Kier alpha value is -2.41. The maximum atomic E-state index is 12.5. The van der Waals surface area contributed by atoms with Gasteiger partial charge in [-0.2, -0.15) is 0 Å². The Bertz CT molecular complexity index is 970. The SMILES string of the molecule is CC1(C)[C@@H](c2cccnc2)C[C@H]1OC(=O)c1ccc2c(c1)NS(=O)(=O)C2. The number of aromatic nitrogens is 1. The van der Waals surface area contributed by atoms with Gasteiger partial charge in [-0.05, 0) is 41.7 Å². The van der Waals surface area contributed by atoms with Crippen molar-refractivity contribution in [2.24, 2.45) is 5.41 Å². The van der Waals surface area contributed by atoms with Crippen LogP contribution in [0, 0.1) is 5.41 Å². The first kappa shape index (κ1) is 17.0. The lowest BCUT2D eigenvalue weighted by Gasteiger charge is -2.51. The lowest BCUT2D eigenvalue weighted by Crippen LogP contribution is -2.49. The predicted molar refractivity (Wildman–Crippen MR) is 97.3 cm³/mol. The number of fused-ring (bicyclic) bond motifs is 1. The second kappa shape index (κ2) is 5.81. The molecule has 1 aliphatic carbocycles. The van der Waals surface area contributed by atoms with Crippen molar-refractivity contribution < 1.29 is 17.9 Å². The number of esters is 1. The number of carbonyl (C=O) groups is 1. The smallest absolute Gasteiger partial charge is 0.338 e. The first-order chi connectivity index (χ1) is 12.3. The van der Waals surface area contributed by atoms with Crippen LogP contribution in [0.2, 0.25) is 0 Å². The van der Waals surface area contributed by atoms with Crippen molar-refractivity contribution in [3.8, 4) is 0 Å². The Morgan fingerprint density at radius 3 is 2.81 bits per heavy atom. The molecule has 2 aliphatic rings. The lowest BCUT2D eigenvalue weighted by atomic mass is 9.58. The van der Waals surface area contributed by atoms with Gasteiger partial charge in [0.1, 0.15) is 6.10 Å². The van der Waals surface area contributed by atoms with Crippen molar-refractivity contribution in [2.45, 2.75) is 38.0 Å². The van der Waals surface area contributed by atoms with Gasteiger partial charge >= 0.3 is 5.97 Å². The largest absolute Gasteiger partial charge is 0.458 e. The van der Waals surface area contributed by atoms with E-state index in [1.807, 2.05) is 18.3 Å². The third kappa shape index (κ3) is 2.86. The number of nitrogens with zero attached hydrogens (tertiary/aromatic N) is 1. The van der Waals surface area contributed by atoms with Gasteiger partial charge in [0, 0.05) is 17.8 Å². The third-order valence-corrected chi connectivity index (χ3v) is 6.69. The zero-order valence-electron chi connectivity index (χ0n) is 14.6. The van der Waals surface area contributed by atoms with Crippen LogP contribution in [0.3, 0.4) is 0 Å². The van der Waals surface area contributed by atoms with Crippen LogP contribution >= 0.6 is 0 Å². The summed E-state index contributed by atoms with van der Waals surface area (Å²) >= 11 is 0. The minimum Gasteiger partial charge on any atom is -0.458 e. The number of hydrogen-bond donors (Lipinski definition) is 1. The van der Waals surface area contributed by atoms with Crippen molar-refractivity contribution in [3.05, 3.63) is 59.4 Å². The van der Waals surface area contributed by atoms with E-state index in [2.05, 4.69) is 23.6 Å². The van der Waals surface area contributed by atoms with E-state index in [1.54, 1.807) is 24.4 Å². The van der Waals surface area contributed by atoms with Crippen LogP contribution in [0.1, 0.15) is 47.7 Å². The van der Waals surface area contributed by atoms with Gasteiger partial charge in [0.2, 0.25) is 10.0 Å². The summed E-state index contributed by atoms with van der Waals surface area (Å²) in [4.78, 5) is 16.7. The number of sulfonamides is 1. The van der Waals surface area contributed by atoms with Crippen molar-refractivity contribution in [2.75, 3.05) is 4.72 Å². The van der Waals surface area contributed by atoms with Crippen LogP contribution in [0.4, 0.5) is 5.69 Å². The quantitative estimate of drug-likeness (QED) is 0.837. The summed E-state index contributed by atoms with van der Waals surface area (Å²) in [5, 5.41) is 0. The summed E-state index contributed by atoms with van der Waals surface area (Å²) in [6.07, 6.45) is 4.17. The molecule has 4 rings (SSSR count). The Morgan fingerprint density at radius 1 is 1.31 bits per heavy atom. The highest BCUT2D eigenvalue weighted by Crippen LogP contribution is 2.54. The first-order valence-corrected chi connectivity index (χ1v) is 10.2. The summed E-state index contributed by atoms with van der Waals surface area (Å²) in [6, 6.07) is 8.79. The minimum absolute atomic E-state index is 0.0554. The number of rotatable bonds is 3. The fourth-order valence-electron chi connectivity index (χ4n) is 3.76. The molecule has 2 aromatic rings. The Kier molecular flexibility index (Phi) is 3.80. The molecule has 2 heterocycles. The van der Waals surface area contributed by atoms with Gasteiger partial charge in [0.25, 0.3) is 0 Å². The molecular formula is C19H20N2O4S. The van der Waals surface area contributed by atoms with Crippen LogP contribution in [0.25, 0.3) is 0 Å². The highest BCUT2D eigenvalue weighted by atomic mass is 32.2. The number of anilines is 1. The van der Waals surface area contributed by atoms with Crippen LogP contribution in [-0.4, -0.2) is 25.5 Å². The number of pyridine rings is 1. The van der Waals surface area contributed by atoms with Crippen LogP contribution in [0.5, 0.6) is 0 Å². The Balaban J connectivity index is 1.47. The number of hydrogen-bond acceptors (Lipinski definition) is 5. The van der Waals surface area contributed by atoms with Crippen LogP contribution in [-0.2, 0) is 20.5 Å². The molecule has 1 saturated carbocycles. The second-order valence-corrected chi connectivity index (χ2v) is 9.25. The van der Waals surface area contributed by atoms with Crippen molar-refractivity contribution in [1.82, 2.24) is 4.98 Å². The van der Waals surface area contributed by atoms with E-state index in [4.69, 9.17) is 4.74 Å². The van der Waals surface area contributed by atoms with Gasteiger partial charge in [0.05, 0.1) is 17.0 Å². The summed E-state index contributed by atoms with van der Waals surface area (Å²) in [5.41, 5.74) is 2.45. The molecule has 1 fully saturated rings. The molecule has 0 bridgehead atoms. The Labute approximate surface area is 152 Å². The molecule has 0 saturated heterocycles. The average Bonchev–Trinajstić information content (AvgIpc) is 2.91. The van der Waals surface area contributed by atoms with E-state index in [0.29, 0.717) is 22.7 Å². The Morgan fingerprint density at radius 2 is 2.12 bits per heavy atom. The lowest BCUT2D eigenvalue weighted by molar-refractivity contribution is -0.0797. The van der Waals surface area contributed by atoms with Gasteiger partial charge in [-0.15, -0.1) is 0 Å². The second-order valence-electron chi connectivity index (χ2n) is 7.52. The number of carbonyl (C=O) groups excluding carboxylic acids is 1. The standard InChI is InChI=1S/C19H20N2O4S/c1-19(2)15(13-4-3-7-20-10-13)9-17(19)25-18(22)12-5-6-14-11-26(23,24)21-16(14)8-12/h3-8,10,15,17,21H,9,11H2,1-2H3/t15-,17-/m1/s1. The first-order valence-electron chi connectivity index (χ1n) is 8.50. The number of nitrogens with one attached hydrogen (secondary N) is 1. The van der Waals surface area contributed by atoms with Crippen LogP contribution in [0.15, 0.2) is 42.7 Å². The number of benzene rings is 1. The van der Waals surface area contributed by atoms with Crippen molar-refractivity contribution in [3.63, 3.8) is 0 Å². The molecule has 1 aliphatic heterocycles. The minimum atomic E-state index is -3.33. The van der Waals surface area contributed by atoms with E-state index in [9.17, 15) is 13.2 Å². The third-order valence-electron chi connectivity index (χ3n) is 5.47. The van der Waals surface area contributed by atoms with E-state index in [1.165, 1.54) is 0 Å². The molecule has 0 radical (unpaired) electrons. The van der Waals surface area contributed by atoms with Crippen molar-refractivity contribution >= 4 is 21.7 Å². The summed E-state index contributed by atoms with van der Waals surface area (Å²) < 4.78 is 31.4. The molecule has 0 unspecified atom stereocenters. The van der Waals surface area contributed by atoms with Crippen LogP contribution < -0.4 is 4.72 Å². The summed E-state index contributed by atoms with van der Waals surface area (Å²) in [7, 11) is -3.33. The molecular weight excluding hydrogens is 352 g/mol. The molecule has 2 atom stereocenters. The highest BCUT2D eigenvalue weighted by Gasteiger charge is 2.51. The monoisotopic (exact) mass is 372 g/mol. The molecule has 1 aromatic carbocycles. The number of ether oxygens (including phenoxy) is 1. The fraction of sp³-hybridized carbons (Fsp3) is 0.368. The molecule has 0 amide bonds. The molecule has 0 spiro atoms. The van der Waals surface area contributed by atoms with Gasteiger partial charge < -0.3 is 4.74 Å². The van der Waals surface area contributed by atoms with Gasteiger partial charge in [-0.1, -0.05) is 26.0 Å². The molecule has 6 nitrogen and oxygen atoms in total. The van der Waals surface area contributed by atoms with Gasteiger partial charge in [0.15, 0.2) is 0 Å². The fourth-order valence-corrected chi connectivity index (χ4v) is 5.02. The average molecular weight is 372 g/mol. The predicted octanol–water partition coefficient (Wildman–Crippen LogP) is 3.08.